The molecule has 0 amide bonds. The highest BCUT2D eigenvalue weighted by Crippen LogP contribution is 2.22. The SMILES string of the molecule is CN1CCN(NCC(O)COc2ccccc2Cl)CC1. The standard InChI is InChI=1S/C14H22ClN3O2/c1-17-6-8-18(9-7-17)16-10-12(19)11-20-14-5-3-2-4-13(14)15/h2-5,12,16,19H,6-11H2,1H3. The first-order chi connectivity index (χ1) is 9.65. The van der Waals surface area contributed by atoms with Crippen molar-refractivity contribution in [3.8, 4) is 5.75 Å². The molecule has 5 nitrogen and oxygen atoms in total. The number of hydrogen-bond donors (Lipinski definition) is 2. The fourth-order valence-electron chi connectivity index (χ4n) is 2.01. The van der Waals surface area contributed by atoms with Gasteiger partial charge in [-0.3, -0.25) is 5.43 Å². The molecule has 2 N–H and O–H groups in total. The number of hydrogen-bond acceptors (Lipinski definition) is 5. The zero-order chi connectivity index (χ0) is 14.4. The van der Waals surface area contributed by atoms with Gasteiger partial charge in [-0.2, -0.15) is 0 Å². The van der Waals surface area contributed by atoms with Crippen molar-refractivity contribution < 1.29 is 9.84 Å². The van der Waals surface area contributed by atoms with Gasteiger partial charge in [0.2, 0.25) is 0 Å². The lowest BCUT2D eigenvalue weighted by molar-refractivity contribution is 0.0549. The van der Waals surface area contributed by atoms with Crippen molar-refractivity contribution in [3.05, 3.63) is 29.3 Å². The molecule has 1 aliphatic rings. The van der Waals surface area contributed by atoms with Crippen LogP contribution in [-0.4, -0.2) is 67.5 Å². The van der Waals surface area contributed by atoms with Gasteiger partial charge in [0.15, 0.2) is 0 Å². The van der Waals surface area contributed by atoms with Gasteiger partial charge in [0, 0.05) is 32.7 Å². The van der Waals surface area contributed by atoms with Gasteiger partial charge in [-0.1, -0.05) is 23.7 Å². The first-order valence-corrected chi connectivity index (χ1v) is 7.25. The second-order valence-corrected chi connectivity index (χ2v) is 5.46. The van der Waals surface area contributed by atoms with Crippen LogP contribution in [0.25, 0.3) is 0 Å². The summed E-state index contributed by atoms with van der Waals surface area (Å²) in [5.41, 5.74) is 3.24. The molecule has 20 heavy (non-hydrogen) atoms. The van der Waals surface area contributed by atoms with Gasteiger partial charge in [0.25, 0.3) is 0 Å². The monoisotopic (exact) mass is 299 g/mol. The molecule has 0 bridgehead atoms. The van der Waals surface area contributed by atoms with Gasteiger partial charge in [-0.15, -0.1) is 0 Å². The number of ether oxygens (including phenoxy) is 1. The van der Waals surface area contributed by atoms with E-state index in [0.717, 1.165) is 26.2 Å². The lowest BCUT2D eigenvalue weighted by atomic mass is 10.3. The number of aliphatic hydroxyl groups is 1. The number of likely N-dealkylation sites (N-methyl/N-ethyl adjacent to an activating group) is 1. The number of benzene rings is 1. The molecule has 1 unspecified atom stereocenters. The fraction of sp³-hybridized carbons (Fsp3) is 0.571. The van der Waals surface area contributed by atoms with Gasteiger partial charge in [-0.25, -0.2) is 5.01 Å². The summed E-state index contributed by atoms with van der Waals surface area (Å²) in [6.45, 7) is 4.72. The Hall–Kier alpha value is -0.850. The van der Waals surface area contributed by atoms with E-state index in [1.807, 2.05) is 12.1 Å². The van der Waals surface area contributed by atoms with Gasteiger partial charge >= 0.3 is 0 Å². The lowest BCUT2D eigenvalue weighted by Gasteiger charge is -2.33. The second-order valence-electron chi connectivity index (χ2n) is 5.05. The number of aliphatic hydroxyl groups excluding tert-OH is 1. The molecule has 0 saturated carbocycles. The van der Waals surface area contributed by atoms with E-state index in [9.17, 15) is 5.11 Å². The maximum atomic E-state index is 9.92. The number of piperazine rings is 1. The Morgan fingerprint density at radius 1 is 1.30 bits per heavy atom. The summed E-state index contributed by atoms with van der Waals surface area (Å²) in [5.74, 6) is 0.604. The van der Waals surface area contributed by atoms with Crippen LogP contribution in [0.5, 0.6) is 5.75 Å². The van der Waals surface area contributed by atoms with Crippen molar-refractivity contribution in [2.24, 2.45) is 0 Å². The molecular weight excluding hydrogens is 278 g/mol. The first-order valence-electron chi connectivity index (χ1n) is 6.87. The minimum absolute atomic E-state index is 0.227. The van der Waals surface area contributed by atoms with Crippen LogP contribution in [0, 0.1) is 0 Å². The number of halogens is 1. The Morgan fingerprint density at radius 3 is 2.70 bits per heavy atom. The highest BCUT2D eigenvalue weighted by molar-refractivity contribution is 6.32. The molecule has 112 valence electrons. The zero-order valence-corrected chi connectivity index (χ0v) is 12.5. The van der Waals surface area contributed by atoms with Crippen molar-refractivity contribution >= 4 is 11.6 Å². The van der Waals surface area contributed by atoms with Gasteiger partial charge < -0.3 is 14.7 Å². The highest BCUT2D eigenvalue weighted by atomic mass is 35.5. The third-order valence-corrected chi connectivity index (χ3v) is 3.63. The molecule has 0 spiro atoms. The lowest BCUT2D eigenvalue weighted by Crippen LogP contribution is -2.52. The summed E-state index contributed by atoms with van der Waals surface area (Å²) in [6.07, 6.45) is -0.564. The molecule has 1 aliphatic heterocycles. The molecule has 0 radical (unpaired) electrons. The van der Waals surface area contributed by atoms with Crippen molar-refractivity contribution in [2.75, 3.05) is 46.4 Å². The molecule has 1 saturated heterocycles. The normalized spacial score (nSPS) is 18.9. The minimum Gasteiger partial charge on any atom is -0.489 e. The van der Waals surface area contributed by atoms with E-state index in [1.54, 1.807) is 12.1 Å². The number of nitrogens with one attached hydrogen (secondary N) is 1. The van der Waals surface area contributed by atoms with Crippen LogP contribution >= 0.6 is 11.6 Å². The molecule has 0 aliphatic carbocycles. The number of hydrazine groups is 1. The number of rotatable bonds is 6. The molecule has 0 aromatic heterocycles. The summed E-state index contributed by atoms with van der Waals surface area (Å²) in [4.78, 5) is 2.29. The van der Waals surface area contributed by atoms with Crippen LogP contribution < -0.4 is 10.2 Å². The second kappa shape index (κ2) is 7.81. The van der Waals surface area contributed by atoms with Crippen molar-refractivity contribution in [1.82, 2.24) is 15.3 Å². The zero-order valence-electron chi connectivity index (χ0n) is 11.8. The predicted octanol–water partition coefficient (Wildman–Crippen LogP) is 0.832. The number of nitrogens with zero attached hydrogens (tertiary/aromatic N) is 2. The van der Waals surface area contributed by atoms with Crippen LogP contribution in [0.3, 0.4) is 0 Å². The minimum atomic E-state index is -0.564. The molecule has 1 heterocycles. The van der Waals surface area contributed by atoms with E-state index in [-0.39, 0.29) is 6.61 Å². The topological polar surface area (TPSA) is 48.0 Å². The quantitative estimate of drug-likeness (QED) is 0.815. The summed E-state index contributed by atoms with van der Waals surface area (Å²) >= 11 is 5.99. The molecular formula is C14H22ClN3O2. The van der Waals surface area contributed by atoms with Crippen LogP contribution in [0.15, 0.2) is 24.3 Å². The van der Waals surface area contributed by atoms with E-state index in [0.29, 0.717) is 17.3 Å². The molecule has 1 aromatic rings. The smallest absolute Gasteiger partial charge is 0.138 e. The third kappa shape index (κ3) is 4.92. The Bertz CT molecular complexity index is 411. The Morgan fingerprint density at radius 2 is 2.00 bits per heavy atom. The maximum Gasteiger partial charge on any atom is 0.138 e. The van der Waals surface area contributed by atoms with Gasteiger partial charge in [-0.05, 0) is 19.2 Å². The fourth-order valence-corrected chi connectivity index (χ4v) is 2.20. The van der Waals surface area contributed by atoms with Gasteiger partial charge in [0.05, 0.1) is 5.02 Å². The van der Waals surface area contributed by atoms with Crippen LogP contribution in [-0.2, 0) is 0 Å². The van der Waals surface area contributed by atoms with Crippen LogP contribution in [0.2, 0.25) is 5.02 Å². The summed E-state index contributed by atoms with van der Waals surface area (Å²) in [7, 11) is 2.11. The highest BCUT2D eigenvalue weighted by Gasteiger charge is 2.14. The van der Waals surface area contributed by atoms with E-state index in [4.69, 9.17) is 16.3 Å². The van der Waals surface area contributed by atoms with Gasteiger partial charge in [0.1, 0.15) is 18.5 Å². The average Bonchev–Trinajstić information content (AvgIpc) is 2.46. The summed E-state index contributed by atoms with van der Waals surface area (Å²) in [6, 6.07) is 7.27. The van der Waals surface area contributed by atoms with Crippen molar-refractivity contribution in [3.63, 3.8) is 0 Å². The molecule has 6 heteroatoms. The molecule has 1 aromatic carbocycles. The molecule has 1 fully saturated rings. The van der Waals surface area contributed by atoms with Crippen LogP contribution in [0.1, 0.15) is 0 Å². The number of para-hydroxylation sites is 1. The average molecular weight is 300 g/mol. The Kier molecular flexibility index (Phi) is 6.06. The molecule has 2 rings (SSSR count). The predicted molar refractivity (Wildman–Crippen MR) is 80.0 cm³/mol. The van der Waals surface area contributed by atoms with E-state index < -0.39 is 6.10 Å². The van der Waals surface area contributed by atoms with Crippen molar-refractivity contribution in [1.29, 1.82) is 0 Å². The largest absolute Gasteiger partial charge is 0.489 e. The summed E-state index contributed by atoms with van der Waals surface area (Å²) in [5, 5.41) is 12.6. The van der Waals surface area contributed by atoms with Crippen LogP contribution in [0.4, 0.5) is 0 Å². The van der Waals surface area contributed by atoms with E-state index >= 15 is 0 Å². The van der Waals surface area contributed by atoms with E-state index in [1.165, 1.54) is 0 Å². The first kappa shape index (κ1) is 15.5. The molecule has 1 atom stereocenters. The third-order valence-electron chi connectivity index (χ3n) is 3.32. The Labute approximate surface area is 125 Å². The summed E-state index contributed by atoms with van der Waals surface area (Å²) < 4.78 is 5.51. The van der Waals surface area contributed by atoms with Crippen molar-refractivity contribution in [2.45, 2.75) is 6.10 Å². The van der Waals surface area contributed by atoms with E-state index in [2.05, 4.69) is 22.4 Å². The Balaban J connectivity index is 1.65. The maximum absolute atomic E-state index is 9.92.